The van der Waals surface area contributed by atoms with Crippen LogP contribution in [0.5, 0.6) is 0 Å². The fraction of sp³-hybridized carbons (Fsp3) is 0.727. The highest BCUT2D eigenvalue weighted by Gasteiger charge is 2.16. The normalized spacial score (nSPS) is 12.9. The number of carbonyl (C=O) groups is 2. The molecule has 534 valence electrons. The molecule has 1 atom stereocenters. The first kappa shape index (κ1) is 89.0. The number of unbranched alkanes of at least 4 members (excludes halogenated alkanes) is 44. The van der Waals surface area contributed by atoms with Crippen molar-refractivity contribution in [2.75, 3.05) is 13.2 Å². The number of esters is 2. The summed E-state index contributed by atoms with van der Waals surface area (Å²) >= 11 is 0. The van der Waals surface area contributed by atoms with E-state index in [1.165, 1.54) is 250 Å². The lowest BCUT2D eigenvalue weighted by Crippen LogP contribution is -2.28. The molecule has 0 aliphatic rings. The zero-order valence-corrected chi connectivity index (χ0v) is 61.5. The number of ether oxygens (including phenoxy) is 2. The summed E-state index contributed by atoms with van der Waals surface area (Å²) in [4.78, 5) is 24.7. The lowest BCUT2D eigenvalue weighted by molar-refractivity contribution is -0.161. The molecule has 1 N–H and O–H groups in total. The second-order valence-corrected chi connectivity index (χ2v) is 26.8. The molecule has 1 unspecified atom stereocenters. The minimum absolute atomic E-state index is 0.0733. The molecule has 0 bridgehead atoms. The van der Waals surface area contributed by atoms with Crippen molar-refractivity contribution in [1.82, 2.24) is 0 Å². The van der Waals surface area contributed by atoms with E-state index in [-0.39, 0.29) is 25.2 Å². The molecule has 0 radical (unpaired) electrons. The molecule has 5 nitrogen and oxygen atoms in total. The molecule has 0 heterocycles. The number of carbonyl (C=O) groups excluding carboxylic acids is 2. The van der Waals surface area contributed by atoms with E-state index in [4.69, 9.17) is 9.47 Å². The molecule has 93 heavy (non-hydrogen) atoms. The number of aliphatic hydroxyl groups excluding tert-OH is 1. The van der Waals surface area contributed by atoms with Gasteiger partial charge >= 0.3 is 11.9 Å². The van der Waals surface area contributed by atoms with Gasteiger partial charge in [-0.3, -0.25) is 9.59 Å². The first-order valence-electron chi connectivity index (χ1n) is 40.2. The van der Waals surface area contributed by atoms with Crippen LogP contribution in [0.25, 0.3) is 0 Å². The minimum atomic E-state index is -0.787. The Morgan fingerprint density at radius 1 is 0.258 bits per heavy atom. The summed E-state index contributed by atoms with van der Waals surface area (Å²) in [7, 11) is 0. The van der Waals surface area contributed by atoms with E-state index in [0.29, 0.717) is 12.8 Å². The van der Waals surface area contributed by atoms with Gasteiger partial charge in [0.1, 0.15) is 6.61 Å². The number of aliphatic hydroxyl groups is 1. The van der Waals surface area contributed by atoms with E-state index in [2.05, 4.69) is 148 Å². The largest absolute Gasteiger partial charge is 0.462 e. The van der Waals surface area contributed by atoms with Crippen molar-refractivity contribution in [3.63, 3.8) is 0 Å². The van der Waals surface area contributed by atoms with Crippen LogP contribution in [0.4, 0.5) is 0 Å². The molecule has 0 saturated carbocycles. The second-order valence-electron chi connectivity index (χ2n) is 26.8. The van der Waals surface area contributed by atoms with Gasteiger partial charge in [-0.25, -0.2) is 0 Å². The summed E-state index contributed by atoms with van der Waals surface area (Å²) in [6, 6.07) is 0. The highest BCUT2D eigenvalue weighted by atomic mass is 16.6. The van der Waals surface area contributed by atoms with Crippen molar-refractivity contribution >= 4 is 11.9 Å². The third-order valence-electron chi connectivity index (χ3n) is 17.7. The van der Waals surface area contributed by atoms with Crippen LogP contribution in [-0.4, -0.2) is 36.4 Å². The van der Waals surface area contributed by atoms with E-state index in [1.807, 2.05) is 0 Å². The number of hydrogen-bond acceptors (Lipinski definition) is 5. The third-order valence-corrected chi connectivity index (χ3v) is 17.7. The summed E-state index contributed by atoms with van der Waals surface area (Å²) in [6.07, 6.45) is 122. The van der Waals surface area contributed by atoms with E-state index in [9.17, 15) is 14.7 Å². The number of hydrogen-bond donors (Lipinski definition) is 1. The fourth-order valence-corrected chi connectivity index (χ4v) is 11.7. The monoisotopic (exact) mass is 1290 g/mol. The number of allylic oxidation sites excluding steroid dienone is 22. The summed E-state index contributed by atoms with van der Waals surface area (Å²) in [5, 5.41) is 9.73. The Labute approximate surface area is 578 Å². The Morgan fingerprint density at radius 2 is 0.462 bits per heavy atom. The zero-order chi connectivity index (χ0) is 66.8. The Kier molecular flexibility index (Phi) is 78.8. The van der Waals surface area contributed by atoms with E-state index in [0.717, 1.165) is 116 Å². The van der Waals surface area contributed by atoms with Gasteiger partial charge in [0.05, 0.1) is 6.61 Å². The van der Waals surface area contributed by atoms with Crippen molar-refractivity contribution in [2.24, 2.45) is 0 Å². The molecule has 0 aromatic heterocycles. The van der Waals surface area contributed by atoms with Crippen LogP contribution in [0.3, 0.4) is 0 Å². The van der Waals surface area contributed by atoms with Crippen LogP contribution in [0.2, 0.25) is 0 Å². The Bertz CT molecular complexity index is 1850. The maximum atomic E-state index is 12.4. The van der Waals surface area contributed by atoms with Gasteiger partial charge in [-0.2, -0.15) is 0 Å². The van der Waals surface area contributed by atoms with Gasteiger partial charge in [0.2, 0.25) is 0 Å². The van der Waals surface area contributed by atoms with Crippen LogP contribution in [0.15, 0.2) is 134 Å². The van der Waals surface area contributed by atoms with E-state index < -0.39 is 6.10 Å². The average molecular weight is 1290 g/mol. The quantitative estimate of drug-likeness (QED) is 0.0373. The molecule has 0 fully saturated rings. The third kappa shape index (κ3) is 80.4. The fourth-order valence-electron chi connectivity index (χ4n) is 11.7. The molecule has 0 aliphatic heterocycles. The van der Waals surface area contributed by atoms with Crippen LogP contribution >= 0.6 is 0 Å². The predicted molar refractivity (Wildman–Crippen MR) is 412 cm³/mol. The van der Waals surface area contributed by atoms with Crippen molar-refractivity contribution in [2.45, 2.75) is 399 Å². The smallest absolute Gasteiger partial charge is 0.306 e. The van der Waals surface area contributed by atoms with Gasteiger partial charge in [0.25, 0.3) is 0 Å². The highest BCUT2D eigenvalue weighted by Crippen LogP contribution is 2.19. The SMILES string of the molecule is CC/C=C\C/C=C\C/C=C\C/C=C\C/C=C\C/C=C\C/C=C\C/C=C\C/C=C\C/C=C\C/C=C\CCCCCCCCCC(=O)OC(CO)COC(=O)CCCCCCCCCCCCCCCCCCCCCCCCCCCCCCCCCCCCCCCC. The molecular formula is C88H152O5. The average Bonchev–Trinajstić information content (AvgIpc) is 3.59. The van der Waals surface area contributed by atoms with Crippen LogP contribution in [0, 0.1) is 0 Å². The number of rotatable bonds is 74. The van der Waals surface area contributed by atoms with Gasteiger partial charge < -0.3 is 14.6 Å². The van der Waals surface area contributed by atoms with Crippen molar-refractivity contribution < 1.29 is 24.2 Å². The van der Waals surface area contributed by atoms with Crippen LogP contribution in [0.1, 0.15) is 393 Å². The van der Waals surface area contributed by atoms with Crippen LogP contribution in [-0.2, 0) is 19.1 Å². The Balaban J connectivity index is 3.49. The predicted octanol–water partition coefficient (Wildman–Crippen LogP) is 28.6. The highest BCUT2D eigenvalue weighted by molar-refractivity contribution is 5.70. The van der Waals surface area contributed by atoms with Gasteiger partial charge in [-0.15, -0.1) is 0 Å². The standard InChI is InChI=1S/C88H152O5/c1-3-5-7-9-11-13-15-17-19-21-23-25-27-29-31-33-35-37-39-41-43-44-45-47-49-51-53-55-57-59-61-63-65-67-69-71-73-75-77-79-81-83-88(91)93-86(84-89)85-92-87(90)82-80-78-76-74-72-70-68-66-64-62-60-58-56-54-52-50-48-46-42-40-38-36-34-32-30-28-26-24-22-20-18-16-14-12-10-8-6-4-2/h5,7,11,13,17,19,23,25,29,31,35,37,41,43,45,47,51,53,57,59,63,65,86,89H,3-4,6,8-10,12,14-16,18,20-22,24,26-28,30,32-34,36,38-40,42,44,46,48-50,52,54-56,58,60-62,64,66-85H2,1-2H3/b7-5-,13-11-,19-17-,25-23-,31-29-,37-35-,43-41-,47-45-,53-51-,59-57-,65-63-. The molecule has 5 heteroatoms. The van der Waals surface area contributed by atoms with Gasteiger partial charge in [0, 0.05) is 12.8 Å². The molecule has 0 rings (SSSR count). The van der Waals surface area contributed by atoms with Crippen molar-refractivity contribution in [3.8, 4) is 0 Å². The summed E-state index contributed by atoms with van der Waals surface area (Å²) in [5.74, 6) is -0.594. The topological polar surface area (TPSA) is 72.8 Å². The van der Waals surface area contributed by atoms with E-state index in [1.54, 1.807) is 0 Å². The summed E-state index contributed by atoms with van der Waals surface area (Å²) < 4.78 is 10.8. The lowest BCUT2D eigenvalue weighted by atomic mass is 10.0. The molecular weight excluding hydrogens is 1140 g/mol. The lowest BCUT2D eigenvalue weighted by Gasteiger charge is -2.15. The molecule has 0 aromatic carbocycles. The van der Waals surface area contributed by atoms with Crippen molar-refractivity contribution in [1.29, 1.82) is 0 Å². The zero-order valence-electron chi connectivity index (χ0n) is 61.5. The van der Waals surface area contributed by atoms with Gasteiger partial charge in [-0.05, 0) is 96.3 Å². The first-order valence-corrected chi connectivity index (χ1v) is 40.2. The van der Waals surface area contributed by atoms with Gasteiger partial charge in [-0.1, -0.05) is 417 Å². The van der Waals surface area contributed by atoms with Crippen LogP contribution < -0.4 is 0 Å². The maximum absolute atomic E-state index is 12.4. The Hall–Kier alpha value is -3.96. The second kappa shape index (κ2) is 82.3. The Morgan fingerprint density at radius 3 is 0.699 bits per heavy atom. The van der Waals surface area contributed by atoms with E-state index >= 15 is 0 Å². The van der Waals surface area contributed by atoms with Gasteiger partial charge in [0.15, 0.2) is 6.10 Å². The summed E-state index contributed by atoms with van der Waals surface area (Å²) in [6.45, 7) is 4.06. The molecule has 0 spiro atoms. The molecule has 0 aromatic rings. The minimum Gasteiger partial charge on any atom is -0.462 e. The summed E-state index contributed by atoms with van der Waals surface area (Å²) in [5.41, 5.74) is 0. The maximum Gasteiger partial charge on any atom is 0.306 e. The first-order chi connectivity index (χ1) is 46.1. The molecule has 0 amide bonds. The molecule has 0 saturated heterocycles. The van der Waals surface area contributed by atoms with Crippen molar-refractivity contribution in [3.05, 3.63) is 134 Å². The molecule has 0 aliphatic carbocycles.